The van der Waals surface area contributed by atoms with Gasteiger partial charge in [0.1, 0.15) is 10.6 Å². The Balaban J connectivity index is 1.48. The van der Waals surface area contributed by atoms with E-state index in [1.54, 1.807) is 41.5 Å². The highest BCUT2D eigenvalue weighted by Crippen LogP contribution is 2.24. The van der Waals surface area contributed by atoms with Gasteiger partial charge in [0.15, 0.2) is 0 Å². The fraction of sp³-hybridized carbons (Fsp3) is 0.190. The predicted octanol–water partition coefficient (Wildman–Crippen LogP) is 3.29. The molecule has 2 aromatic heterocycles. The second-order valence-electron chi connectivity index (χ2n) is 7.49. The van der Waals surface area contributed by atoms with Crippen LogP contribution in [0.2, 0.25) is 0 Å². The van der Waals surface area contributed by atoms with Gasteiger partial charge in [0.25, 0.3) is 0 Å². The molecule has 166 valence electrons. The number of hydrogen-bond acceptors (Lipinski definition) is 6. The lowest BCUT2D eigenvalue weighted by atomic mass is 10.2. The number of anilines is 1. The number of imidazole rings is 2. The van der Waals surface area contributed by atoms with Crippen molar-refractivity contribution in [3.05, 3.63) is 61.2 Å². The second-order valence-corrected chi connectivity index (χ2v) is 9.04. The van der Waals surface area contributed by atoms with Crippen molar-refractivity contribution < 1.29 is 17.4 Å². The van der Waals surface area contributed by atoms with E-state index in [9.17, 15) is 13.2 Å². The Hall–Kier alpha value is -3.86. The van der Waals surface area contributed by atoms with Crippen LogP contribution < -0.4 is 14.8 Å². The van der Waals surface area contributed by atoms with Crippen molar-refractivity contribution in [2.45, 2.75) is 18.7 Å². The molecule has 11 heteroatoms. The smallest absolute Gasteiger partial charge is 0.339 e. The van der Waals surface area contributed by atoms with Gasteiger partial charge in [-0.05, 0) is 42.3 Å². The molecule has 3 N–H and O–H groups in total. The minimum absolute atomic E-state index is 0.0234. The SMILES string of the molecule is CC(C)CNC(=O)Nc1nc2ccc(OS(=O)(=O)c3ccc(-n4ccnc4)cc3)cc2[nH]1. The standard InChI is InChI=1S/C21H22N6O4S/c1-14(2)12-23-21(28)26-20-24-18-8-5-16(11-19(18)25-20)31-32(29,30)17-6-3-15(4-7-17)27-10-9-22-13-27/h3-11,13-14H,12H2,1-2H3,(H3,23,24,25,26,28). The molecule has 2 amide bonds. The van der Waals surface area contributed by atoms with E-state index in [2.05, 4.69) is 25.6 Å². The molecular weight excluding hydrogens is 432 g/mol. The van der Waals surface area contributed by atoms with Gasteiger partial charge in [-0.25, -0.2) is 14.8 Å². The van der Waals surface area contributed by atoms with E-state index in [-0.39, 0.29) is 22.6 Å². The number of carbonyl (C=O) groups excluding carboxylic acids is 1. The lowest BCUT2D eigenvalue weighted by molar-refractivity contribution is 0.250. The van der Waals surface area contributed by atoms with E-state index in [0.29, 0.717) is 23.5 Å². The summed E-state index contributed by atoms with van der Waals surface area (Å²) in [5, 5.41) is 5.34. The van der Waals surface area contributed by atoms with E-state index in [0.717, 1.165) is 5.69 Å². The maximum absolute atomic E-state index is 12.7. The summed E-state index contributed by atoms with van der Waals surface area (Å²) in [7, 11) is -4.03. The number of carbonyl (C=O) groups is 1. The predicted molar refractivity (Wildman–Crippen MR) is 119 cm³/mol. The number of H-pyrrole nitrogens is 1. The summed E-state index contributed by atoms with van der Waals surface area (Å²) >= 11 is 0. The summed E-state index contributed by atoms with van der Waals surface area (Å²) in [6.07, 6.45) is 5.02. The molecule has 4 rings (SSSR count). The monoisotopic (exact) mass is 454 g/mol. The molecule has 0 aliphatic rings. The average Bonchev–Trinajstić information content (AvgIpc) is 3.41. The van der Waals surface area contributed by atoms with Gasteiger partial charge in [-0.1, -0.05) is 13.8 Å². The average molecular weight is 455 g/mol. The minimum atomic E-state index is -4.03. The number of amides is 2. The van der Waals surface area contributed by atoms with Crippen LogP contribution in [0.1, 0.15) is 13.8 Å². The number of nitrogens with zero attached hydrogens (tertiary/aromatic N) is 3. The fourth-order valence-electron chi connectivity index (χ4n) is 2.92. The maximum atomic E-state index is 12.7. The van der Waals surface area contributed by atoms with Crippen molar-refractivity contribution >= 4 is 33.1 Å². The number of hydrogen-bond donors (Lipinski definition) is 3. The molecule has 0 saturated heterocycles. The molecule has 0 saturated carbocycles. The third-order valence-electron chi connectivity index (χ3n) is 4.49. The maximum Gasteiger partial charge on any atom is 0.339 e. The molecule has 0 radical (unpaired) electrons. The molecule has 0 aliphatic carbocycles. The van der Waals surface area contributed by atoms with Gasteiger partial charge in [0.05, 0.1) is 17.4 Å². The third-order valence-corrected chi connectivity index (χ3v) is 5.75. The van der Waals surface area contributed by atoms with Crippen LogP contribution in [0.25, 0.3) is 16.7 Å². The highest BCUT2D eigenvalue weighted by Gasteiger charge is 2.18. The summed E-state index contributed by atoms with van der Waals surface area (Å²) in [5.41, 5.74) is 1.85. The van der Waals surface area contributed by atoms with Gasteiger partial charge >= 0.3 is 16.1 Å². The highest BCUT2D eigenvalue weighted by molar-refractivity contribution is 7.87. The van der Waals surface area contributed by atoms with Crippen molar-refractivity contribution in [2.75, 3.05) is 11.9 Å². The van der Waals surface area contributed by atoms with E-state index >= 15 is 0 Å². The molecule has 0 fully saturated rings. The number of fused-ring (bicyclic) bond motifs is 1. The summed E-state index contributed by atoms with van der Waals surface area (Å²) in [5.74, 6) is 0.687. The third kappa shape index (κ3) is 4.89. The molecule has 4 aromatic rings. The summed E-state index contributed by atoms with van der Waals surface area (Å²) in [6.45, 7) is 4.52. The van der Waals surface area contributed by atoms with Crippen LogP contribution in [0.4, 0.5) is 10.7 Å². The second kappa shape index (κ2) is 8.71. The first-order chi connectivity index (χ1) is 15.3. The molecule has 0 unspecified atom stereocenters. The summed E-state index contributed by atoms with van der Waals surface area (Å²) < 4.78 is 32.4. The Kier molecular flexibility index (Phi) is 5.82. The van der Waals surface area contributed by atoms with E-state index in [1.807, 2.05) is 13.8 Å². The van der Waals surface area contributed by atoms with Crippen molar-refractivity contribution in [2.24, 2.45) is 5.92 Å². The highest BCUT2D eigenvalue weighted by atomic mass is 32.2. The van der Waals surface area contributed by atoms with Gasteiger partial charge in [-0.15, -0.1) is 0 Å². The Labute approximate surface area is 184 Å². The largest absolute Gasteiger partial charge is 0.379 e. The summed E-state index contributed by atoms with van der Waals surface area (Å²) in [4.78, 5) is 23.1. The molecule has 10 nitrogen and oxygen atoms in total. The lowest BCUT2D eigenvalue weighted by Crippen LogP contribution is -2.31. The number of benzene rings is 2. The van der Waals surface area contributed by atoms with E-state index in [4.69, 9.17) is 4.18 Å². The number of rotatable bonds is 7. The molecule has 0 spiro atoms. The zero-order valence-corrected chi connectivity index (χ0v) is 18.3. The Morgan fingerprint density at radius 3 is 2.66 bits per heavy atom. The molecule has 0 bridgehead atoms. The normalized spacial score (nSPS) is 11.6. The topological polar surface area (TPSA) is 131 Å². The van der Waals surface area contributed by atoms with Crippen LogP contribution in [-0.4, -0.2) is 40.5 Å². The van der Waals surface area contributed by atoms with Crippen LogP contribution in [0.3, 0.4) is 0 Å². The van der Waals surface area contributed by atoms with Crippen LogP contribution in [-0.2, 0) is 10.1 Å². The van der Waals surface area contributed by atoms with Crippen LogP contribution in [0.15, 0.2) is 66.1 Å². The van der Waals surface area contributed by atoms with Crippen molar-refractivity contribution in [1.29, 1.82) is 0 Å². The molecule has 2 aromatic carbocycles. The van der Waals surface area contributed by atoms with Gasteiger partial charge in [-0.2, -0.15) is 8.42 Å². The molecule has 32 heavy (non-hydrogen) atoms. The number of aromatic amines is 1. The van der Waals surface area contributed by atoms with Crippen molar-refractivity contribution in [3.8, 4) is 11.4 Å². The van der Waals surface area contributed by atoms with Crippen molar-refractivity contribution in [1.82, 2.24) is 24.8 Å². The van der Waals surface area contributed by atoms with Crippen LogP contribution >= 0.6 is 0 Å². The van der Waals surface area contributed by atoms with Gasteiger partial charge < -0.3 is 19.1 Å². The van der Waals surface area contributed by atoms with Gasteiger partial charge in [-0.3, -0.25) is 5.32 Å². The summed E-state index contributed by atoms with van der Waals surface area (Å²) in [6, 6.07) is 10.5. The number of aromatic nitrogens is 4. The first-order valence-corrected chi connectivity index (χ1v) is 11.3. The Bertz CT molecular complexity index is 1330. The fourth-order valence-corrected chi connectivity index (χ4v) is 3.84. The van der Waals surface area contributed by atoms with E-state index < -0.39 is 10.1 Å². The zero-order valence-electron chi connectivity index (χ0n) is 17.4. The van der Waals surface area contributed by atoms with Crippen LogP contribution in [0.5, 0.6) is 5.75 Å². The first-order valence-electron chi connectivity index (χ1n) is 9.88. The quantitative estimate of drug-likeness (QED) is 0.367. The lowest BCUT2D eigenvalue weighted by Gasteiger charge is -2.08. The molecule has 0 atom stereocenters. The Morgan fingerprint density at radius 1 is 1.19 bits per heavy atom. The van der Waals surface area contributed by atoms with Crippen molar-refractivity contribution in [3.63, 3.8) is 0 Å². The van der Waals surface area contributed by atoms with Gasteiger partial charge in [0.2, 0.25) is 5.95 Å². The number of nitrogens with one attached hydrogen (secondary N) is 3. The Morgan fingerprint density at radius 2 is 1.97 bits per heavy atom. The van der Waals surface area contributed by atoms with Crippen LogP contribution in [0, 0.1) is 5.92 Å². The molecule has 2 heterocycles. The molecular formula is C21H22N6O4S. The zero-order chi connectivity index (χ0) is 22.7. The molecule has 0 aliphatic heterocycles. The van der Waals surface area contributed by atoms with Gasteiger partial charge in [0, 0.05) is 30.7 Å². The first kappa shape index (κ1) is 21.4. The van der Waals surface area contributed by atoms with E-state index in [1.165, 1.54) is 24.3 Å². The number of urea groups is 1. The minimum Gasteiger partial charge on any atom is -0.379 e.